The number of hydrogen-bond acceptors (Lipinski definition) is 3. The van der Waals surface area contributed by atoms with Gasteiger partial charge in [-0.3, -0.25) is 9.38 Å². The standard InChI is InChI=1S/C21H26Cl2N4/c1-5-10-26(11-6-2)21-18(14(3)4)25-20-19(24-9-12-27(20)21)16-8-7-15(22)13-17(16)23/h7-9,12-14H,5-6,10-11H2,1-4H3. The third-order valence-corrected chi connectivity index (χ3v) is 5.11. The Bertz CT molecular complexity index is 927. The summed E-state index contributed by atoms with van der Waals surface area (Å²) in [5, 5.41) is 1.19. The van der Waals surface area contributed by atoms with Crippen molar-refractivity contribution in [2.24, 2.45) is 0 Å². The molecule has 2 heterocycles. The minimum absolute atomic E-state index is 0.310. The molecule has 2 aromatic heterocycles. The molecule has 0 bridgehead atoms. The van der Waals surface area contributed by atoms with Crippen LogP contribution in [0.1, 0.15) is 52.1 Å². The van der Waals surface area contributed by atoms with Gasteiger partial charge in [0.15, 0.2) is 5.65 Å². The van der Waals surface area contributed by atoms with Crippen LogP contribution in [0.4, 0.5) is 5.82 Å². The van der Waals surface area contributed by atoms with Gasteiger partial charge in [0.1, 0.15) is 11.5 Å². The van der Waals surface area contributed by atoms with Crippen LogP contribution in [0.2, 0.25) is 10.0 Å². The van der Waals surface area contributed by atoms with E-state index < -0.39 is 0 Å². The van der Waals surface area contributed by atoms with Crippen molar-refractivity contribution < 1.29 is 0 Å². The molecule has 0 spiro atoms. The second-order valence-corrected chi connectivity index (χ2v) is 7.90. The van der Waals surface area contributed by atoms with Gasteiger partial charge in [-0.2, -0.15) is 0 Å². The van der Waals surface area contributed by atoms with Crippen molar-refractivity contribution in [1.29, 1.82) is 0 Å². The van der Waals surface area contributed by atoms with Gasteiger partial charge in [0.05, 0.1) is 10.7 Å². The van der Waals surface area contributed by atoms with E-state index in [1.54, 1.807) is 6.07 Å². The van der Waals surface area contributed by atoms with Gasteiger partial charge in [-0.25, -0.2) is 4.98 Å². The molecule has 0 unspecified atom stereocenters. The topological polar surface area (TPSA) is 33.4 Å². The Morgan fingerprint density at radius 3 is 2.41 bits per heavy atom. The summed E-state index contributed by atoms with van der Waals surface area (Å²) in [4.78, 5) is 12.0. The summed E-state index contributed by atoms with van der Waals surface area (Å²) < 4.78 is 2.16. The van der Waals surface area contributed by atoms with Gasteiger partial charge in [-0.15, -0.1) is 0 Å². The van der Waals surface area contributed by atoms with Gasteiger partial charge in [-0.05, 0) is 37.0 Å². The van der Waals surface area contributed by atoms with E-state index in [9.17, 15) is 0 Å². The Hall–Kier alpha value is -1.78. The average Bonchev–Trinajstić information content (AvgIpc) is 3.01. The van der Waals surface area contributed by atoms with E-state index in [2.05, 4.69) is 42.0 Å². The SMILES string of the molecule is CCCN(CCC)c1c(C(C)C)nc2c(-c3ccc(Cl)cc3Cl)nccn12. The van der Waals surface area contributed by atoms with E-state index in [0.717, 1.165) is 54.3 Å². The molecule has 0 N–H and O–H groups in total. The van der Waals surface area contributed by atoms with Gasteiger partial charge in [-0.1, -0.05) is 50.9 Å². The molecule has 6 heteroatoms. The lowest BCUT2D eigenvalue weighted by Crippen LogP contribution is -2.27. The third-order valence-electron chi connectivity index (χ3n) is 4.56. The maximum absolute atomic E-state index is 6.46. The first-order valence-electron chi connectivity index (χ1n) is 9.55. The van der Waals surface area contributed by atoms with Crippen molar-refractivity contribution >= 4 is 34.7 Å². The maximum atomic E-state index is 6.46. The highest BCUT2D eigenvalue weighted by Crippen LogP contribution is 2.35. The Morgan fingerprint density at radius 2 is 1.81 bits per heavy atom. The predicted octanol–water partition coefficient (Wildman–Crippen LogP) is 6.45. The van der Waals surface area contributed by atoms with Gasteiger partial charge in [0.2, 0.25) is 0 Å². The highest BCUT2D eigenvalue weighted by molar-refractivity contribution is 6.36. The Labute approximate surface area is 171 Å². The van der Waals surface area contributed by atoms with E-state index in [-0.39, 0.29) is 0 Å². The normalized spacial score (nSPS) is 11.5. The van der Waals surface area contributed by atoms with Crippen LogP contribution in [-0.4, -0.2) is 27.5 Å². The summed E-state index contributed by atoms with van der Waals surface area (Å²) in [5.41, 5.74) is 3.55. The largest absolute Gasteiger partial charge is 0.356 e. The Morgan fingerprint density at radius 1 is 1.11 bits per heavy atom. The quantitative estimate of drug-likeness (QED) is 0.453. The van der Waals surface area contributed by atoms with Crippen LogP contribution in [-0.2, 0) is 0 Å². The minimum atomic E-state index is 0.310. The van der Waals surface area contributed by atoms with Gasteiger partial charge >= 0.3 is 0 Å². The number of nitrogens with zero attached hydrogens (tertiary/aromatic N) is 4. The summed E-state index contributed by atoms with van der Waals surface area (Å²) in [5.74, 6) is 1.47. The lowest BCUT2D eigenvalue weighted by Gasteiger charge is -2.25. The van der Waals surface area contributed by atoms with Crippen molar-refractivity contribution in [3.63, 3.8) is 0 Å². The molecule has 0 saturated heterocycles. The molecular formula is C21H26Cl2N4. The molecular weight excluding hydrogens is 379 g/mol. The van der Waals surface area contributed by atoms with E-state index in [1.807, 2.05) is 24.5 Å². The van der Waals surface area contributed by atoms with Crippen molar-refractivity contribution in [3.8, 4) is 11.3 Å². The van der Waals surface area contributed by atoms with Crippen LogP contribution < -0.4 is 4.90 Å². The predicted molar refractivity (Wildman–Crippen MR) is 115 cm³/mol. The average molecular weight is 405 g/mol. The van der Waals surface area contributed by atoms with E-state index in [0.29, 0.717) is 16.0 Å². The molecule has 0 aliphatic carbocycles. The van der Waals surface area contributed by atoms with Crippen molar-refractivity contribution in [2.75, 3.05) is 18.0 Å². The summed E-state index contributed by atoms with van der Waals surface area (Å²) in [6, 6.07) is 5.49. The molecule has 0 aliphatic heterocycles. The number of hydrogen-bond donors (Lipinski definition) is 0. The zero-order valence-corrected chi connectivity index (χ0v) is 17.8. The Kier molecular flexibility index (Phi) is 6.28. The van der Waals surface area contributed by atoms with Crippen molar-refractivity contribution in [2.45, 2.75) is 46.5 Å². The van der Waals surface area contributed by atoms with E-state index >= 15 is 0 Å². The number of imidazole rings is 1. The zero-order chi connectivity index (χ0) is 19.6. The molecule has 0 saturated carbocycles. The second kappa shape index (κ2) is 8.49. The van der Waals surface area contributed by atoms with Crippen LogP contribution in [0.5, 0.6) is 0 Å². The van der Waals surface area contributed by atoms with Crippen LogP contribution in [0.25, 0.3) is 16.9 Å². The fourth-order valence-electron chi connectivity index (χ4n) is 3.42. The van der Waals surface area contributed by atoms with Gasteiger partial charge < -0.3 is 4.90 Å². The highest BCUT2D eigenvalue weighted by atomic mass is 35.5. The summed E-state index contributed by atoms with van der Waals surface area (Å²) >= 11 is 12.5. The van der Waals surface area contributed by atoms with Crippen LogP contribution in [0.15, 0.2) is 30.6 Å². The molecule has 0 aliphatic rings. The first kappa shape index (κ1) is 20.0. The first-order valence-corrected chi connectivity index (χ1v) is 10.3. The first-order chi connectivity index (χ1) is 13.0. The molecule has 0 fully saturated rings. The molecule has 3 aromatic rings. The second-order valence-electron chi connectivity index (χ2n) is 7.06. The number of benzene rings is 1. The number of anilines is 1. The van der Waals surface area contributed by atoms with E-state index in [1.165, 1.54) is 0 Å². The number of fused-ring (bicyclic) bond motifs is 1. The molecule has 0 radical (unpaired) electrons. The molecule has 1 aromatic carbocycles. The number of halogens is 2. The molecule has 0 atom stereocenters. The molecule has 0 amide bonds. The summed E-state index contributed by atoms with van der Waals surface area (Å²) in [7, 11) is 0. The Balaban J connectivity index is 2.27. The fourth-order valence-corrected chi connectivity index (χ4v) is 3.92. The smallest absolute Gasteiger partial charge is 0.165 e. The number of aromatic nitrogens is 3. The monoisotopic (exact) mass is 404 g/mol. The zero-order valence-electron chi connectivity index (χ0n) is 16.3. The minimum Gasteiger partial charge on any atom is -0.356 e. The van der Waals surface area contributed by atoms with Crippen LogP contribution >= 0.6 is 23.2 Å². The molecule has 144 valence electrons. The van der Waals surface area contributed by atoms with Gasteiger partial charge in [0, 0.05) is 36.1 Å². The van der Waals surface area contributed by atoms with Crippen LogP contribution in [0, 0.1) is 0 Å². The van der Waals surface area contributed by atoms with Crippen LogP contribution in [0.3, 0.4) is 0 Å². The fraction of sp³-hybridized carbons (Fsp3) is 0.429. The molecule has 4 nitrogen and oxygen atoms in total. The van der Waals surface area contributed by atoms with Crippen molar-refractivity contribution in [3.05, 3.63) is 46.3 Å². The van der Waals surface area contributed by atoms with Gasteiger partial charge in [0.25, 0.3) is 0 Å². The van der Waals surface area contributed by atoms with Crippen molar-refractivity contribution in [1.82, 2.24) is 14.4 Å². The number of rotatable bonds is 7. The lowest BCUT2D eigenvalue weighted by molar-refractivity contribution is 0.716. The molecule has 27 heavy (non-hydrogen) atoms. The third kappa shape index (κ3) is 3.92. The highest BCUT2D eigenvalue weighted by Gasteiger charge is 2.23. The van der Waals surface area contributed by atoms with E-state index in [4.69, 9.17) is 28.2 Å². The maximum Gasteiger partial charge on any atom is 0.165 e. The molecule has 3 rings (SSSR count). The summed E-state index contributed by atoms with van der Waals surface area (Å²) in [6.45, 7) is 10.8. The summed E-state index contributed by atoms with van der Waals surface area (Å²) in [6.07, 6.45) is 5.99. The lowest BCUT2D eigenvalue weighted by atomic mass is 10.1.